The first kappa shape index (κ1) is 22.5. The van der Waals surface area contributed by atoms with E-state index < -0.39 is 6.10 Å². The van der Waals surface area contributed by atoms with Crippen molar-refractivity contribution in [3.63, 3.8) is 0 Å². The van der Waals surface area contributed by atoms with E-state index in [1.165, 1.54) is 5.01 Å². The first-order valence-electron chi connectivity index (χ1n) is 11.8. The lowest BCUT2D eigenvalue weighted by Crippen LogP contribution is -2.47. The molecule has 1 aromatic heterocycles. The van der Waals surface area contributed by atoms with Crippen molar-refractivity contribution >= 4 is 34.3 Å². The van der Waals surface area contributed by atoms with E-state index in [4.69, 9.17) is 0 Å². The third kappa shape index (κ3) is 4.55. The van der Waals surface area contributed by atoms with Crippen LogP contribution in [0.4, 0.5) is 5.69 Å². The molecule has 5 rings (SSSR count). The molecule has 1 saturated heterocycles. The number of piperazine rings is 1. The molecule has 2 aliphatic rings. The average molecular weight is 458 g/mol. The van der Waals surface area contributed by atoms with Crippen LogP contribution in [0.3, 0.4) is 0 Å². The number of para-hydroxylation sites is 2. The van der Waals surface area contributed by atoms with Crippen LogP contribution in [0.1, 0.15) is 12.5 Å². The Labute approximate surface area is 200 Å². The quantitative estimate of drug-likeness (QED) is 0.578. The first-order chi connectivity index (χ1) is 16.5. The van der Waals surface area contributed by atoms with Crippen molar-refractivity contribution in [2.45, 2.75) is 19.6 Å². The van der Waals surface area contributed by atoms with E-state index >= 15 is 0 Å². The van der Waals surface area contributed by atoms with Crippen LogP contribution < -0.4 is 5.01 Å². The second-order valence-electron chi connectivity index (χ2n) is 9.21. The molecule has 1 unspecified atom stereocenters. The number of fused-ring (bicyclic) bond motifs is 1. The van der Waals surface area contributed by atoms with E-state index in [1.807, 2.05) is 61.7 Å². The minimum Gasteiger partial charge on any atom is -0.390 e. The maximum absolute atomic E-state index is 13.2. The van der Waals surface area contributed by atoms with E-state index in [0.29, 0.717) is 24.4 Å². The fourth-order valence-electron chi connectivity index (χ4n) is 4.74. The molecule has 1 N–H and O–H groups in total. The van der Waals surface area contributed by atoms with Gasteiger partial charge >= 0.3 is 0 Å². The number of aromatic nitrogens is 1. The Morgan fingerprint density at radius 1 is 1.00 bits per heavy atom. The summed E-state index contributed by atoms with van der Waals surface area (Å²) in [7, 11) is 2.14. The highest BCUT2D eigenvalue weighted by atomic mass is 16.3. The van der Waals surface area contributed by atoms with Crippen LogP contribution in [0, 0.1) is 0 Å². The lowest BCUT2D eigenvalue weighted by atomic mass is 10.1. The van der Waals surface area contributed by atoms with Crippen LogP contribution in [-0.2, 0) is 11.3 Å². The molecular weight excluding hydrogens is 426 g/mol. The van der Waals surface area contributed by atoms with Gasteiger partial charge in [-0.2, -0.15) is 10.1 Å². The van der Waals surface area contributed by atoms with Crippen molar-refractivity contribution in [1.82, 2.24) is 14.4 Å². The van der Waals surface area contributed by atoms with E-state index in [1.54, 1.807) is 0 Å². The number of nitrogens with zero attached hydrogens (tertiary/aromatic N) is 5. The summed E-state index contributed by atoms with van der Waals surface area (Å²) in [6, 6.07) is 17.6. The number of hydrogen-bond donors (Lipinski definition) is 1. The van der Waals surface area contributed by atoms with Gasteiger partial charge in [-0.05, 0) is 38.2 Å². The van der Waals surface area contributed by atoms with Gasteiger partial charge in [-0.15, -0.1) is 0 Å². The summed E-state index contributed by atoms with van der Waals surface area (Å²) in [6.07, 6.45) is 3.50. The molecule has 3 heterocycles. The number of β-amino-alcohol motifs (C(OH)–C–C–N with tert-alkyl or cyclic N) is 1. The van der Waals surface area contributed by atoms with E-state index in [-0.39, 0.29) is 5.91 Å². The number of likely N-dealkylation sites (N-methyl/N-ethyl adjacent to an activating group) is 1. The van der Waals surface area contributed by atoms with E-state index in [0.717, 1.165) is 48.3 Å². The summed E-state index contributed by atoms with van der Waals surface area (Å²) in [5.41, 5.74) is 4.04. The van der Waals surface area contributed by atoms with Gasteiger partial charge in [0.1, 0.15) is 0 Å². The molecule has 1 amide bonds. The van der Waals surface area contributed by atoms with Crippen LogP contribution in [-0.4, -0.2) is 77.0 Å². The smallest absolute Gasteiger partial charge is 0.280 e. The molecule has 0 saturated carbocycles. The van der Waals surface area contributed by atoms with Gasteiger partial charge in [0.15, 0.2) is 0 Å². The molecule has 2 aliphatic heterocycles. The number of carbonyl (C=O) groups excluding carboxylic acids is 1. The van der Waals surface area contributed by atoms with Crippen molar-refractivity contribution in [3.05, 3.63) is 71.9 Å². The second kappa shape index (κ2) is 9.54. The number of hydrazone groups is 1. The Balaban J connectivity index is 1.39. The third-order valence-electron chi connectivity index (χ3n) is 6.65. The molecule has 2 aromatic carbocycles. The fourth-order valence-corrected chi connectivity index (χ4v) is 4.74. The van der Waals surface area contributed by atoms with Crippen LogP contribution in [0.2, 0.25) is 0 Å². The Kier molecular flexibility index (Phi) is 6.32. The normalized spacial score (nSPS) is 19.9. The molecule has 0 spiro atoms. The zero-order valence-electron chi connectivity index (χ0n) is 19.8. The van der Waals surface area contributed by atoms with Crippen molar-refractivity contribution in [3.8, 4) is 0 Å². The second-order valence-corrected chi connectivity index (χ2v) is 9.21. The number of benzene rings is 2. The maximum Gasteiger partial charge on any atom is 0.280 e. The summed E-state index contributed by atoms with van der Waals surface area (Å²) in [6.45, 7) is 7.06. The standard InChI is InChI=1S/C27H31N5O2/c1-20-25(27(34)32(28-20)22-8-4-3-5-9-22)16-21-17-31(26-11-7-6-10-24(21)26)19-23(33)18-30-14-12-29(2)13-15-30/h3-11,16-17,23,33H,12-15,18-19H2,1-2H3/b25-16+. The topological polar surface area (TPSA) is 64.3 Å². The van der Waals surface area contributed by atoms with Crippen molar-refractivity contribution in [2.75, 3.05) is 44.8 Å². The predicted molar refractivity (Wildman–Crippen MR) is 137 cm³/mol. The van der Waals surface area contributed by atoms with Crippen LogP contribution in [0.5, 0.6) is 0 Å². The minimum absolute atomic E-state index is 0.129. The number of carbonyl (C=O) groups is 1. The number of amides is 1. The summed E-state index contributed by atoms with van der Waals surface area (Å²) in [5.74, 6) is -0.129. The molecule has 34 heavy (non-hydrogen) atoms. The molecule has 1 atom stereocenters. The van der Waals surface area contributed by atoms with Crippen molar-refractivity contribution in [1.29, 1.82) is 0 Å². The van der Waals surface area contributed by atoms with Gasteiger partial charge < -0.3 is 14.6 Å². The third-order valence-corrected chi connectivity index (χ3v) is 6.65. The zero-order valence-corrected chi connectivity index (χ0v) is 19.8. The molecule has 176 valence electrons. The Hall–Kier alpha value is -3.26. The summed E-state index contributed by atoms with van der Waals surface area (Å²) in [5, 5.41) is 17.9. The summed E-state index contributed by atoms with van der Waals surface area (Å²) >= 11 is 0. The fraction of sp³-hybridized carbons (Fsp3) is 0.333. The molecule has 0 aliphatic carbocycles. The Morgan fingerprint density at radius 3 is 2.47 bits per heavy atom. The summed E-state index contributed by atoms with van der Waals surface area (Å²) < 4.78 is 2.10. The number of rotatable bonds is 6. The predicted octanol–water partition coefficient (Wildman–Crippen LogP) is 3.06. The molecule has 0 radical (unpaired) electrons. The number of aliphatic hydroxyl groups is 1. The van der Waals surface area contributed by atoms with Crippen molar-refractivity contribution < 1.29 is 9.90 Å². The average Bonchev–Trinajstić information content (AvgIpc) is 3.33. The highest BCUT2D eigenvalue weighted by Crippen LogP contribution is 2.28. The molecule has 7 nitrogen and oxygen atoms in total. The van der Waals surface area contributed by atoms with Gasteiger partial charge in [0.05, 0.1) is 23.1 Å². The molecule has 1 fully saturated rings. The van der Waals surface area contributed by atoms with Crippen LogP contribution in [0.25, 0.3) is 17.0 Å². The van der Waals surface area contributed by atoms with Crippen molar-refractivity contribution in [2.24, 2.45) is 5.10 Å². The monoisotopic (exact) mass is 457 g/mol. The van der Waals surface area contributed by atoms with Gasteiger partial charge in [-0.1, -0.05) is 36.4 Å². The van der Waals surface area contributed by atoms with E-state index in [2.05, 4.69) is 38.6 Å². The number of hydrogen-bond acceptors (Lipinski definition) is 5. The molecule has 3 aromatic rings. The van der Waals surface area contributed by atoms with Gasteiger partial charge in [0.25, 0.3) is 5.91 Å². The highest BCUT2D eigenvalue weighted by Gasteiger charge is 2.29. The van der Waals surface area contributed by atoms with Crippen LogP contribution >= 0.6 is 0 Å². The molecular formula is C27H31N5O2. The molecule has 0 bridgehead atoms. The molecule has 7 heteroatoms. The van der Waals surface area contributed by atoms with Gasteiger partial charge in [-0.25, -0.2) is 0 Å². The first-order valence-corrected chi connectivity index (χ1v) is 11.8. The van der Waals surface area contributed by atoms with Gasteiger partial charge in [0, 0.05) is 61.9 Å². The minimum atomic E-state index is -0.468. The zero-order chi connectivity index (χ0) is 23.7. The van der Waals surface area contributed by atoms with Gasteiger partial charge in [0.2, 0.25) is 0 Å². The van der Waals surface area contributed by atoms with E-state index in [9.17, 15) is 9.90 Å². The lowest BCUT2D eigenvalue weighted by molar-refractivity contribution is -0.114. The Bertz CT molecular complexity index is 1240. The van der Waals surface area contributed by atoms with Gasteiger partial charge in [-0.3, -0.25) is 9.69 Å². The number of aliphatic hydroxyl groups excluding tert-OH is 1. The largest absolute Gasteiger partial charge is 0.390 e. The Morgan fingerprint density at radius 2 is 1.71 bits per heavy atom. The van der Waals surface area contributed by atoms with Crippen LogP contribution in [0.15, 0.2) is 71.5 Å². The summed E-state index contributed by atoms with van der Waals surface area (Å²) in [4.78, 5) is 17.8. The highest BCUT2D eigenvalue weighted by molar-refractivity contribution is 6.32. The maximum atomic E-state index is 13.2. The SMILES string of the molecule is CC1=NN(c2ccccc2)C(=O)/C1=C/c1cn(CC(O)CN2CCN(C)CC2)c2ccccc12. The lowest BCUT2D eigenvalue weighted by Gasteiger charge is -2.33. The number of anilines is 1.